The second-order valence-electron chi connectivity index (χ2n) is 5.61. The molecular weight excluding hydrogens is 270 g/mol. The van der Waals surface area contributed by atoms with Gasteiger partial charge >= 0.3 is 0 Å². The monoisotopic (exact) mass is 287 g/mol. The van der Waals surface area contributed by atoms with Crippen LogP contribution in [0.4, 0.5) is 11.4 Å². The topological polar surface area (TPSA) is 82.8 Å². The lowest BCUT2D eigenvalue weighted by atomic mass is 10.3. The van der Waals surface area contributed by atoms with Gasteiger partial charge in [-0.2, -0.15) is 0 Å². The second kappa shape index (κ2) is 4.41. The van der Waals surface area contributed by atoms with Crippen molar-refractivity contribution in [1.82, 2.24) is 14.8 Å². The van der Waals surface area contributed by atoms with Crippen LogP contribution < -0.4 is 11.5 Å². The molecule has 2 aliphatic carbocycles. The average Bonchev–Trinajstić information content (AvgIpc) is 3.33. The van der Waals surface area contributed by atoms with Gasteiger partial charge in [0, 0.05) is 16.9 Å². The van der Waals surface area contributed by atoms with Crippen molar-refractivity contribution >= 4 is 23.1 Å². The van der Waals surface area contributed by atoms with E-state index in [1.165, 1.54) is 31.5 Å². The van der Waals surface area contributed by atoms with Crippen molar-refractivity contribution in [2.45, 2.75) is 47.7 Å². The first-order chi connectivity index (χ1) is 9.72. The van der Waals surface area contributed by atoms with Crippen LogP contribution in [0.5, 0.6) is 0 Å². The predicted molar refractivity (Wildman–Crippen MR) is 79.7 cm³/mol. The third kappa shape index (κ3) is 2.14. The molecule has 0 spiro atoms. The second-order valence-corrected chi connectivity index (χ2v) is 6.65. The molecule has 4 rings (SSSR count). The maximum Gasteiger partial charge on any atom is 0.196 e. The number of hydrogen-bond donors (Lipinski definition) is 2. The molecule has 0 unspecified atom stereocenters. The van der Waals surface area contributed by atoms with Crippen LogP contribution in [0.3, 0.4) is 0 Å². The Labute approximate surface area is 121 Å². The minimum absolute atomic E-state index is 0.606. The molecule has 2 aliphatic rings. The molecule has 20 heavy (non-hydrogen) atoms. The molecule has 1 aromatic heterocycles. The average molecular weight is 287 g/mol. The highest BCUT2D eigenvalue weighted by atomic mass is 32.2. The van der Waals surface area contributed by atoms with E-state index in [0.717, 1.165) is 10.1 Å². The Morgan fingerprint density at radius 1 is 1.05 bits per heavy atom. The summed E-state index contributed by atoms with van der Waals surface area (Å²) in [6.07, 6.45) is 5.00. The number of nitrogens with two attached hydrogens (primary N) is 2. The fourth-order valence-corrected chi connectivity index (χ4v) is 3.33. The van der Waals surface area contributed by atoms with Gasteiger partial charge in [0.15, 0.2) is 5.16 Å². The lowest BCUT2D eigenvalue weighted by Gasteiger charge is -2.08. The minimum Gasteiger partial charge on any atom is -0.397 e. The standard InChI is InChI=1S/C14H17N5S/c15-11-6-5-10(7-12(11)16)20-14-18-17-13(8-1-2-8)19(14)9-3-4-9/h5-9H,1-4,15-16H2. The highest BCUT2D eigenvalue weighted by Crippen LogP contribution is 2.46. The zero-order chi connectivity index (χ0) is 13.7. The Kier molecular flexibility index (Phi) is 2.66. The first-order valence-corrected chi connectivity index (χ1v) is 7.81. The Bertz CT molecular complexity index is 658. The third-order valence-corrected chi connectivity index (χ3v) is 4.76. The molecule has 0 aliphatic heterocycles. The van der Waals surface area contributed by atoms with Crippen molar-refractivity contribution in [3.05, 3.63) is 24.0 Å². The Balaban J connectivity index is 1.66. The van der Waals surface area contributed by atoms with Crippen LogP contribution in [0, 0.1) is 0 Å². The van der Waals surface area contributed by atoms with E-state index in [1.54, 1.807) is 11.8 Å². The van der Waals surface area contributed by atoms with Crippen LogP contribution in [-0.4, -0.2) is 14.8 Å². The molecule has 0 radical (unpaired) electrons. The Morgan fingerprint density at radius 2 is 1.85 bits per heavy atom. The van der Waals surface area contributed by atoms with Gasteiger partial charge in [0.25, 0.3) is 0 Å². The number of benzene rings is 1. The number of nitrogens with zero attached hydrogens (tertiary/aromatic N) is 3. The lowest BCUT2D eigenvalue weighted by molar-refractivity contribution is 0.627. The van der Waals surface area contributed by atoms with Crippen LogP contribution in [0.25, 0.3) is 0 Å². The van der Waals surface area contributed by atoms with E-state index in [9.17, 15) is 0 Å². The zero-order valence-electron chi connectivity index (χ0n) is 11.1. The summed E-state index contributed by atoms with van der Waals surface area (Å²) in [6, 6.07) is 6.34. The largest absolute Gasteiger partial charge is 0.397 e. The van der Waals surface area contributed by atoms with Gasteiger partial charge in [0.2, 0.25) is 0 Å². The number of aromatic nitrogens is 3. The van der Waals surface area contributed by atoms with Gasteiger partial charge in [0.05, 0.1) is 11.4 Å². The van der Waals surface area contributed by atoms with E-state index in [4.69, 9.17) is 11.5 Å². The number of rotatable bonds is 4. The number of anilines is 2. The summed E-state index contributed by atoms with van der Waals surface area (Å²) >= 11 is 1.63. The lowest BCUT2D eigenvalue weighted by Crippen LogP contribution is -2.01. The molecule has 0 amide bonds. The van der Waals surface area contributed by atoms with E-state index in [0.29, 0.717) is 23.3 Å². The Morgan fingerprint density at radius 3 is 2.50 bits per heavy atom. The van der Waals surface area contributed by atoms with E-state index in [-0.39, 0.29) is 0 Å². The summed E-state index contributed by atoms with van der Waals surface area (Å²) < 4.78 is 2.34. The molecule has 0 bridgehead atoms. The van der Waals surface area contributed by atoms with Crippen molar-refractivity contribution in [3.63, 3.8) is 0 Å². The zero-order valence-corrected chi connectivity index (χ0v) is 11.9. The summed E-state index contributed by atoms with van der Waals surface area (Å²) in [5, 5.41) is 9.79. The molecule has 4 N–H and O–H groups in total. The Hall–Kier alpha value is -1.69. The normalized spacial score (nSPS) is 18.4. The maximum absolute atomic E-state index is 5.87. The van der Waals surface area contributed by atoms with Gasteiger partial charge in [-0.25, -0.2) is 0 Å². The molecule has 1 heterocycles. The summed E-state index contributed by atoms with van der Waals surface area (Å²) in [5.41, 5.74) is 12.9. The summed E-state index contributed by atoms with van der Waals surface area (Å²) in [5.74, 6) is 1.81. The van der Waals surface area contributed by atoms with Crippen LogP contribution >= 0.6 is 11.8 Å². The van der Waals surface area contributed by atoms with Gasteiger partial charge in [0.1, 0.15) is 5.82 Å². The van der Waals surface area contributed by atoms with Crippen LogP contribution in [-0.2, 0) is 0 Å². The van der Waals surface area contributed by atoms with Crippen molar-refractivity contribution in [3.8, 4) is 0 Å². The first kappa shape index (κ1) is 12.1. The van der Waals surface area contributed by atoms with E-state index in [1.807, 2.05) is 18.2 Å². The van der Waals surface area contributed by atoms with Crippen molar-refractivity contribution in [1.29, 1.82) is 0 Å². The van der Waals surface area contributed by atoms with Gasteiger partial charge < -0.3 is 16.0 Å². The van der Waals surface area contributed by atoms with Crippen molar-refractivity contribution in [2.75, 3.05) is 11.5 Å². The first-order valence-electron chi connectivity index (χ1n) is 7.00. The molecule has 2 fully saturated rings. The van der Waals surface area contributed by atoms with Gasteiger partial charge in [-0.1, -0.05) is 0 Å². The summed E-state index contributed by atoms with van der Waals surface area (Å²) in [4.78, 5) is 1.06. The molecule has 104 valence electrons. The van der Waals surface area contributed by atoms with Gasteiger partial charge in [-0.05, 0) is 55.6 Å². The molecule has 1 aromatic carbocycles. The van der Waals surface area contributed by atoms with E-state index < -0.39 is 0 Å². The minimum atomic E-state index is 0.606. The fourth-order valence-electron chi connectivity index (χ4n) is 2.38. The number of nitrogen functional groups attached to an aromatic ring is 2. The van der Waals surface area contributed by atoms with Gasteiger partial charge in [-0.15, -0.1) is 10.2 Å². The fraction of sp³-hybridized carbons (Fsp3) is 0.429. The van der Waals surface area contributed by atoms with E-state index in [2.05, 4.69) is 14.8 Å². The highest BCUT2D eigenvalue weighted by molar-refractivity contribution is 7.99. The van der Waals surface area contributed by atoms with E-state index >= 15 is 0 Å². The molecule has 2 aromatic rings. The quantitative estimate of drug-likeness (QED) is 0.845. The molecule has 2 saturated carbocycles. The molecular formula is C14H17N5S. The van der Waals surface area contributed by atoms with Gasteiger partial charge in [-0.3, -0.25) is 0 Å². The van der Waals surface area contributed by atoms with Crippen molar-refractivity contribution < 1.29 is 0 Å². The maximum atomic E-state index is 5.87. The molecule has 5 nitrogen and oxygen atoms in total. The smallest absolute Gasteiger partial charge is 0.196 e. The SMILES string of the molecule is Nc1ccc(Sc2nnc(C3CC3)n2C2CC2)cc1N. The summed E-state index contributed by atoms with van der Waals surface area (Å²) in [6.45, 7) is 0. The molecule has 0 saturated heterocycles. The summed E-state index contributed by atoms with van der Waals surface area (Å²) in [7, 11) is 0. The van der Waals surface area contributed by atoms with Crippen LogP contribution in [0.1, 0.15) is 43.5 Å². The third-order valence-electron chi connectivity index (χ3n) is 3.81. The highest BCUT2D eigenvalue weighted by Gasteiger charge is 2.36. The molecule has 0 atom stereocenters. The number of hydrogen-bond acceptors (Lipinski definition) is 5. The van der Waals surface area contributed by atoms with Crippen LogP contribution in [0.2, 0.25) is 0 Å². The van der Waals surface area contributed by atoms with Crippen molar-refractivity contribution in [2.24, 2.45) is 0 Å². The van der Waals surface area contributed by atoms with Crippen LogP contribution in [0.15, 0.2) is 28.3 Å². The predicted octanol–water partition coefficient (Wildman–Crippen LogP) is 2.81. The molecule has 6 heteroatoms.